The number of methoxy groups -OCH3 is 1. The highest BCUT2D eigenvalue weighted by Gasteiger charge is 2.37. The van der Waals surface area contributed by atoms with Crippen molar-refractivity contribution in [3.8, 4) is 11.4 Å². The number of aliphatic imine (C=N–C) groups is 1. The van der Waals surface area contributed by atoms with E-state index < -0.39 is 6.04 Å². The zero-order valence-electron chi connectivity index (χ0n) is 19.4. The van der Waals surface area contributed by atoms with Gasteiger partial charge in [0.2, 0.25) is 0 Å². The van der Waals surface area contributed by atoms with E-state index in [-0.39, 0.29) is 11.7 Å². The molecule has 8 heteroatoms. The lowest BCUT2D eigenvalue weighted by Crippen LogP contribution is -2.59. The Morgan fingerprint density at radius 2 is 1.97 bits per heavy atom. The molecule has 2 aromatic carbocycles. The molecule has 1 atom stereocenters. The standard InChI is InChI=1S/C26H26FN5O2/c1-17-15-30(16-28-17)23-11-6-19(14-24(23)34-3)13-20-5-4-12-31-25(20)29-26(33)18(2)32(31)22-9-7-21(27)8-10-22/h6-11,13-16,18H,4-5,12H2,1-3H3. The first-order valence-electron chi connectivity index (χ1n) is 11.3. The molecule has 1 aromatic heterocycles. The van der Waals surface area contributed by atoms with E-state index in [0.29, 0.717) is 5.84 Å². The summed E-state index contributed by atoms with van der Waals surface area (Å²) in [4.78, 5) is 21.6. The third-order valence-corrected chi connectivity index (χ3v) is 6.17. The van der Waals surface area contributed by atoms with Gasteiger partial charge in [-0.1, -0.05) is 6.07 Å². The third kappa shape index (κ3) is 3.96. The van der Waals surface area contributed by atoms with Crippen LogP contribution in [-0.2, 0) is 4.79 Å². The van der Waals surface area contributed by atoms with Crippen molar-refractivity contribution in [2.75, 3.05) is 18.7 Å². The number of fused-ring (bicyclic) bond motifs is 1. The van der Waals surface area contributed by atoms with Crippen LogP contribution >= 0.6 is 0 Å². The number of carbonyl (C=O) groups excluding carboxylic acids is 1. The van der Waals surface area contributed by atoms with Gasteiger partial charge in [-0.05, 0) is 80.3 Å². The first kappa shape index (κ1) is 21.9. The molecule has 7 nitrogen and oxygen atoms in total. The number of hydrogen-bond donors (Lipinski definition) is 0. The van der Waals surface area contributed by atoms with E-state index in [9.17, 15) is 9.18 Å². The smallest absolute Gasteiger partial charge is 0.272 e. The summed E-state index contributed by atoms with van der Waals surface area (Å²) in [6.07, 6.45) is 7.48. The minimum Gasteiger partial charge on any atom is -0.495 e. The average Bonchev–Trinajstić information content (AvgIpc) is 3.27. The first-order chi connectivity index (χ1) is 16.4. The molecule has 0 saturated carbocycles. The number of amidine groups is 1. The maximum absolute atomic E-state index is 13.5. The molecule has 1 amide bonds. The second kappa shape index (κ2) is 8.78. The van der Waals surface area contributed by atoms with Crippen LogP contribution in [0.4, 0.5) is 10.1 Å². The van der Waals surface area contributed by atoms with Crippen LogP contribution in [0.2, 0.25) is 0 Å². The second-order valence-corrected chi connectivity index (χ2v) is 8.52. The van der Waals surface area contributed by atoms with Crippen LogP contribution in [0.25, 0.3) is 11.8 Å². The molecule has 1 unspecified atom stereocenters. The summed E-state index contributed by atoms with van der Waals surface area (Å²) >= 11 is 0. The number of aromatic nitrogens is 2. The number of halogens is 1. The Morgan fingerprint density at radius 1 is 1.18 bits per heavy atom. The number of aryl methyl sites for hydroxylation is 1. The molecule has 0 spiro atoms. The molecule has 3 heterocycles. The number of amides is 1. The SMILES string of the molecule is COc1cc(C=C2CCCN3C2=NC(=O)C(C)N3c2ccc(F)cc2)ccc1-n1cnc(C)c1. The van der Waals surface area contributed by atoms with E-state index in [1.807, 2.05) is 52.8 Å². The summed E-state index contributed by atoms with van der Waals surface area (Å²) in [6.45, 7) is 4.50. The number of piperidine rings is 1. The van der Waals surface area contributed by atoms with Gasteiger partial charge in [0.25, 0.3) is 5.91 Å². The van der Waals surface area contributed by atoms with Gasteiger partial charge in [-0.25, -0.2) is 9.37 Å². The Morgan fingerprint density at radius 3 is 2.68 bits per heavy atom. The van der Waals surface area contributed by atoms with E-state index in [2.05, 4.69) is 16.1 Å². The zero-order valence-corrected chi connectivity index (χ0v) is 19.4. The molecular formula is C26H26FN5O2. The monoisotopic (exact) mass is 459 g/mol. The Labute approximate surface area is 197 Å². The molecule has 174 valence electrons. The fourth-order valence-corrected chi connectivity index (χ4v) is 4.50. The van der Waals surface area contributed by atoms with Crippen molar-refractivity contribution in [2.45, 2.75) is 32.7 Å². The fraction of sp³-hybridized carbons (Fsp3) is 0.269. The van der Waals surface area contributed by atoms with Gasteiger partial charge in [-0.15, -0.1) is 0 Å². The van der Waals surface area contributed by atoms with Crippen LogP contribution < -0.4 is 9.75 Å². The van der Waals surface area contributed by atoms with E-state index in [1.54, 1.807) is 25.6 Å². The highest BCUT2D eigenvalue weighted by molar-refractivity contribution is 6.11. The molecular weight excluding hydrogens is 433 g/mol. The summed E-state index contributed by atoms with van der Waals surface area (Å²) in [5.74, 6) is 0.845. The van der Waals surface area contributed by atoms with Crippen LogP contribution in [0, 0.1) is 12.7 Å². The van der Waals surface area contributed by atoms with Gasteiger partial charge in [0.15, 0.2) is 5.84 Å². The van der Waals surface area contributed by atoms with Crippen molar-refractivity contribution in [3.05, 3.63) is 77.6 Å². The van der Waals surface area contributed by atoms with Crippen LogP contribution in [-0.4, -0.2) is 46.0 Å². The molecule has 34 heavy (non-hydrogen) atoms. The second-order valence-electron chi connectivity index (χ2n) is 8.52. The first-order valence-corrected chi connectivity index (χ1v) is 11.3. The largest absolute Gasteiger partial charge is 0.495 e. The number of imidazole rings is 1. The molecule has 2 aliphatic heterocycles. The van der Waals surface area contributed by atoms with Crippen molar-refractivity contribution >= 4 is 23.5 Å². The molecule has 0 radical (unpaired) electrons. The zero-order chi connectivity index (χ0) is 23.8. The fourth-order valence-electron chi connectivity index (χ4n) is 4.50. The number of hydrazine groups is 1. The Kier molecular flexibility index (Phi) is 5.65. The molecule has 1 saturated heterocycles. The minimum absolute atomic E-state index is 0.216. The van der Waals surface area contributed by atoms with Crippen molar-refractivity contribution < 1.29 is 13.9 Å². The Hall–Kier alpha value is -3.94. The summed E-state index contributed by atoms with van der Waals surface area (Å²) in [5, 5.41) is 3.96. The molecule has 2 aliphatic rings. The lowest BCUT2D eigenvalue weighted by atomic mass is 9.99. The molecule has 0 aliphatic carbocycles. The number of nitrogens with zero attached hydrogens (tertiary/aromatic N) is 5. The maximum atomic E-state index is 13.5. The Balaban J connectivity index is 1.51. The lowest BCUT2D eigenvalue weighted by Gasteiger charge is -2.46. The normalized spacial score (nSPS) is 19.3. The van der Waals surface area contributed by atoms with Gasteiger partial charge in [0.05, 0.1) is 30.5 Å². The van der Waals surface area contributed by atoms with Gasteiger partial charge < -0.3 is 9.30 Å². The predicted octanol–water partition coefficient (Wildman–Crippen LogP) is 4.56. The third-order valence-electron chi connectivity index (χ3n) is 6.17. The van der Waals surface area contributed by atoms with Gasteiger partial charge in [0, 0.05) is 12.7 Å². The predicted molar refractivity (Wildman–Crippen MR) is 130 cm³/mol. The van der Waals surface area contributed by atoms with Crippen molar-refractivity contribution in [1.82, 2.24) is 14.6 Å². The number of anilines is 1. The number of carbonyl (C=O) groups is 1. The van der Waals surface area contributed by atoms with Crippen LogP contribution in [0.3, 0.4) is 0 Å². The van der Waals surface area contributed by atoms with E-state index in [0.717, 1.165) is 53.3 Å². The highest BCUT2D eigenvalue weighted by atomic mass is 19.1. The number of rotatable bonds is 4. The van der Waals surface area contributed by atoms with Gasteiger partial charge >= 0.3 is 0 Å². The summed E-state index contributed by atoms with van der Waals surface area (Å²) < 4.78 is 21.1. The van der Waals surface area contributed by atoms with Crippen LogP contribution in [0.5, 0.6) is 5.75 Å². The van der Waals surface area contributed by atoms with Crippen molar-refractivity contribution in [3.63, 3.8) is 0 Å². The number of hydrogen-bond acceptors (Lipinski definition) is 5. The van der Waals surface area contributed by atoms with Gasteiger partial charge in [0.1, 0.15) is 17.6 Å². The van der Waals surface area contributed by atoms with E-state index >= 15 is 0 Å². The lowest BCUT2D eigenvalue weighted by molar-refractivity contribution is -0.120. The quantitative estimate of drug-likeness (QED) is 0.573. The minimum atomic E-state index is -0.466. The van der Waals surface area contributed by atoms with E-state index in [4.69, 9.17) is 4.74 Å². The highest BCUT2D eigenvalue weighted by Crippen LogP contribution is 2.32. The molecule has 5 rings (SSSR count). The number of ether oxygens (including phenoxy) is 1. The summed E-state index contributed by atoms with van der Waals surface area (Å²) in [5.41, 5.74) is 4.52. The van der Waals surface area contributed by atoms with Gasteiger partial charge in [-0.3, -0.25) is 14.8 Å². The Bertz CT molecular complexity index is 1290. The van der Waals surface area contributed by atoms with Crippen LogP contribution in [0.15, 0.2) is 65.6 Å². The van der Waals surface area contributed by atoms with Crippen molar-refractivity contribution in [2.24, 2.45) is 4.99 Å². The number of benzene rings is 2. The van der Waals surface area contributed by atoms with Crippen LogP contribution in [0.1, 0.15) is 31.0 Å². The topological polar surface area (TPSA) is 63.0 Å². The molecule has 3 aromatic rings. The van der Waals surface area contributed by atoms with Gasteiger partial charge in [-0.2, -0.15) is 4.99 Å². The summed E-state index contributed by atoms with van der Waals surface area (Å²) in [6, 6.07) is 11.7. The molecule has 0 bridgehead atoms. The van der Waals surface area contributed by atoms with E-state index in [1.165, 1.54) is 12.1 Å². The molecule has 0 N–H and O–H groups in total. The molecule has 1 fully saturated rings. The summed E-state index contributed by atoms with van der Waals surface area (Å²) in [7, 11) is 1.65. The average molecular weight is 460 g/mol. The maximum Gasteiger partial charge on any atom is 0.272 e. The van der Waals surface area contributed by atoms with Crippen molar-refractivity contribution in [1.29, 1.82) is 0 Å².